The zero-order valence-electron chi connectivity index (χ0n) is 12.9. The Bertz CT molecular complexity index is 658. The fourth-order valence-corrected chi connectivity index (χ4v) is 2.81. The Morgan fingerprint density at radius 3 is 2.32 bits per heavy atom. The molecule has 22 heavy (non-hydrogen) atoms. The molecule has 0 fully saturated rings. The molecule has 0 spiro atoms. The van der Waals surface area contributed by atoms with Crippen LogP contribution in [-0.2, 0) is 12.8 Å². The lowest BCUT2D eigenvalue weighted by Crippen LogP contribution is -2.09. The van der Waals surface area contributed by atoms with Gasteiger partial charge < -0.3 is 10.0 Å². The van der Waals surface area contributed by atoms with Crippen molar-refractivity contribution < 1.29 is 5.11 Å². The number of anilines is 1. The fraction of sp³-hybridized carbons (Fsp3) is 0.278. The van der Waals surface area contributed by atoms with Crippen molar-refractivity contribution in [1.29, 1.82) is 0 Å². The van der Waals surface area contributed by atoms with E-state index < -0.39 is 0 Å². The van der Waals surface area contributed by atoms with Crippen LogP contribution in [0.25, 0.3) is 0 Å². The average molecular weight is 317 g/mol. The molecule has 0 unspecified atom stereocenters. The van der Waals surface area contributed by atoms with Crippen molar-refractivity contribution in [2.24, 2.45) is 4.99 Å². The smallest absolute Gasteiger partial charge is 0.138 e. The third kappa shape index (κ3) is 3.42. The third-order valence-electron chi connectivity index (χ3n) is 3.95. The Morgan fingerprint density at radius 1 is 1.09 bits per heavy atom. The van der Waals surface area contributed by atoms with Crippen molar-refractivity contribution >= 4 is 24.3 Å². The number of benzene rings is 2. The van der Waals surface area contributed by atoms with E-state index in [2.05, 4.69) is 24.3 Å². The van der Waals surface area contributed by atoms with Crippen LogP contribution in [0.15, 0.2) is 47.5 Å². The normalized spacial score (nSPS) is 13.9. The van der Waals surface area contributed by atoms with Gasteiger partial charge in [0.2, 0.25) is 0 Å². The van der Waals surface area contributed by atoms with E-state index in [4.69, 9.17) is 4.99 Å². The minimum absolute atomic E-state index is 0. The molecule has 1 aliphatic carbocycles. The van der Waals surface area contributed by atoms with Gasteiger partial charge in [0.05, 0.1) is 11.7 Å². The van der Waals surface area contributed by atoms with Gasteiger partial charge in [-0.2, -0.15) is 0 Å². The zero-order valence-corrected chi connectivity index (χ0v) is 13.7. The summed E-state index contributed by atoms with van der Waals surface area (Å²) in [6.07, 6.45) is 3.96. The summed E-state index contributed by atoms with van der Waals surface area (Å²) in [5.41, 5.74) is 4.67. The van der Waals surface area contributed by atoms with Crippen LogP contribution in [0.2, 0.25) is 0 Å². The lowest BCUT2D eigenvalue weighted by Gasteiger charge is -2.14. The number of halogens is 1. The molecular weight excluding hydrogens is 296 g/mol. The molecule has 0 heterocycles. The van der Waals surface area contributed by atoms with Crippen LogP contribution < -0.4 is 4.90 Å². The zero-order chi connectivity index (χ0) is 14.8. The summed E-state index contributed by atoms with van der Waals surface area (Å²) in [6, 6.07) is 14.5. The van der Waals surface area contributed by atoms with Crippen LogP contribution in [0.1, 0.15) is 16.7 Å². The van der Waals surface area contributed by atoms with Gasteiger partial charge in [-0.3, -0.25) is 4.99 Å². The van der Waals surface area contributed by atoms with Gasteiger partial charge >= 0.3 is 0 Å². The molecule has 0 aromatic heterocycles. The maximum atomic E-state index is 9.82. The highest BCUT2D eigenvalue weighted by molar-refractivity contribution is 5.85. The van der Waals surface area contributed by atoms with Crippen LogP contribution >= 0.6 is 12.4 Å². The van der Waals surface area contributed by atoms with E-state index in [0.717, 1.165) is 24.1 Å². The molecule has 0 saturated heterocycles. The maximum Gasteiger partial charge on any atom is 0.138 e. The van der Waals surface area contributed by atoms with E-state index in [9.17, 15) is 5.11 Å². The van der Waals surface area contributed by atoms with Crippen LogP contribution in [0.5, 0.6) is 5.75 Å². The SMILES string of the molecule is CN(C)c1cc(C=NC2Cc3ccccc3C2)ccc1O.Cl. The van der Waals surface area contributed by atoms with E-state index in [-0.39, 0.29) is 12.4 Å². The number of aliphatic imine (C=N–C) groups is 1. The van der Waals surface area contributed by atoms with E-state index in [1.165, 1.54) is 11.1 Å². The molecule has 1 N–H and O–H groups in total. The summed E-state index contributed by atoms with van der Waals surface area (Å²) in [6.45, 7) is 0. The van der Waals surface area contributed by atoms with E-state index in [0.29, 0.717) is 11.8 Å². The van der Waals surface area contributed by atoms with Gasteiger partial charge in [-0.25, -0.2) is 0 Å². The van der Waals surface area contributed by atoms with Gasteiger partial charge in [-0.05, 0) is 47.7 Å². The number of fused-ring (bicyclic) bond motifs is 1. The second-order valence-electron chi connectivity index (χ2n) is 5.75. The second kappa shape index (κ2) is 6.84. The predicted molar refractivity (Wildman–Crippen MR) is 94.9 cm³/mol. The third-order valence-corrected chi connectivity index (χ3v) is 3.95. The molecule has 2 aromatic rings. The molecule has 4 heteroatoms. The van der Waals surface area contributed by atoms with Crippen molar-refractivity contribution in [2.75, 3.05) is 19.0 Å². The molecule has 1 aliphatic rings. The number of phenolic OH excluding ortho intramolecular Hbond substituents is 1. The number of hydrogen-bond acceptors (Lipinski definition) is 3. The van der Waals surface area contributed by atoms with Crippen LogP contribution in [0.4, 0.5) is 5.69 Å². The molecule has 116 valence electrons. The van der Waals surface area contributed by atoms with Crippen LogP contribution in [0, 0.1) is 0 Å². The summed E-state index contributed by atoms with van der Waals surface area (Å²) in [7, 11) is 3.84. The first-order valence-electron chi connectivity index (χ1n) is 7.24. The van der Waals surface area contributed by atoms with Crippen LogP contribution in [-0.4, -0.2) is 31.5 Å². The number of rotatable bonds is 3. The van der Waals surface area contributed by atoms with Crippen molar-refractivity contribution in [2.45, 2.75) is 18.9 Å². The van der Waals surface area contributed by atoms with E-state index in [1.54, 1.807) is 6.07 Å². The number of phenols is 1. The first-order valence-corrected chi connectivity index (χ1v) is 7.24. The lowest BCUT2D eigenvalue weighted by atomic mass is 10.1. The Hall–Kier alpha value is -2.00. The quantitative estimate of drug-likeness (QED) is 0.880. The van der Waals surface area contributed by atoms with Crippen molar-refractivity contribution in [3.63, 3.8) is 0 Å². The van der Waals surface area contributed by atoms with Crippen LogP contribution in [0.3, 0.4) is 0 Å². The van der Waals surface area contributed by atoms with Crippen molar-refractivity contribution in [3.05, 3.63) is 59.2 Å². The van der Waals surface area contributed by atoms with Gasteiger partial charge in [0.1, 0.15) is 5.75 Å². The standard InChI is InChI=1S/C18H20N2O.ClH/c1-20(2)17-9-13(7-8-18(17)21)12-19-16-10-14-5-3-4-6-15(14)11-16;/h3-9,12,16,21H,10-11H2,1-2H3;1H. The Labute approximate surface area is 137 Å². The van der Waals surface area contributed by atoms with Gasteiger partial charge in [-0.1, -0.05) is 24.3 Å². The molecule has 0 saturated carbocycles. The van der Waals surface area contributed by atoms with E-state index in [1.807, 2.05) is 37.3 Å². The molecule has 0 radical (unpaired) electrons. The summed E-state index contributed by atoms with van der Waals surface area (Å²) in [5.74, 6) is 0.297. The highest BCUT2D eigenvalue weighted by Gasteiger charge is 2.19. The predicted octanol–water partition coefficient (Wildman–Crippen LogP) is 3.47. The number of hydrogen-bond donors (Lipinski definition) is 1. The van der Waals surface area contributed by atoms with Gasteiger partial charge in [0, 0.05) is 20.3 Å². The first kappa shape index (κ1) is 16.4. The van der Waals surface area contributed by atoms with E-state index >= 15 is 0 Å². The Kier molecular flexibility index (Phi) is 5.09. The minimum Gasteiger partial charge on any atom is -0.506 e. The molecule has 3 nitrogen and oxygen atoms in total. The summed E-state index contributed by atoms with van der Waals surface area (Å²) in [5, 5.41) is 9.82. The maximum absolute atomic E-state index is 9.82. The topological polar surface area (TPSA) is 35.8 Å². The molecule has 0 atom stereocenters. The summed E-state index contributed by atoms with van der Waals surface area (Å²) in [4.78, 5) is 6.61. The number of nitrogens with zero attached hydrogens (tertiary/aromatic N) is 2. The highest BCUT2D eigenvalue weighted by Crippen LogP contribution is 2.27. The van der Waals surface area contributed by atoms with Crippen molar-refractivity contribution in [1.82, 2.24) is 0 Å². The molecule has 2 aromatic carbocycles. The summed E-state index contributed by atoms with van der Waals surface area (Å²) >= 11 is 0. The lowest BCUT2D eigenvalue weighted by molar-refractivity contribution is 0.475. The largest absolute Gasteiger partial charge is 0.506 e. The average Bonchev–Trinajstić information content (AvgIpc) is 2.89. The first-order chi connectivity index (χ1) is 10.1. The second-order valence-corrected chi connectivity index (χ2v) is 5.75. The summed E-state index contributed by atoms with van der Waals surface area (Å²) < 4.78 is 0. The highest BCUT2D eigenvalue weighted by atomic mass is 35.5. The van der Waals surface area contributed by atoms with Gasteiger partial charge in [0.15, 0.2) is 0 Å². The molecule has 3 rings (SSSR count). The molecular formula is C18H21ClN2O. The molecule has 0 amide bonds. The number of aromatic hydroxyl groups is 1. The molecule has 0 bridgehead atoms. The van der Waals surface area contributed by atoms with Crippen molar-refractivity contribution in [3.8, 4) is 5.75 Å². The minimum atomic E-state index is 0. The fourth-order valence-electron chi connectivity index (χ4n) is 2.81. The Morgan fingerprint density at radius 2 is 1.73 bits per heavy atom. The van der Waals surface area contributed by atoms with Gasteiger partial charge in [-0.15, -0.1) is 12.4 Å². The van der Waals surface area contributed by atoms with Gasteiger partial charge in [0.25, 0.3) is 0 Å². The molecule has 0 aliphatic heterocycles. The Balaban J connectivity index is 0.00000176. The monoisotopic (exact) mass is 316 g/mol.